The third kappa shape index (κ3) is 3.58. The molecule has 0 amide bonds. The zero-order chi connectivity index (χ0) is 17.2. The minimum absolute atomic E-state index is 0.155. The van der Waals surface area contributed by atoms with Crippen molar-refractivity contribution in [2.75, 3.05) is 19.6 Å². The lowest BCUT2D eigenvalue weighted by Gasteiger charge is -2.31. The van der Waals surface area contributed by atoms with Crippen LogP contribution in [0, 0.1) is 0 Å². The summed E-state index contributed by atoms with van der Waals surface area (Å²) in [4.78, 5) is 4.35. The quantitative estimate of drug-likeness (QED) is 0.837. The largest absolute Gasteiger partial charge is 0.486 e. The summed E-state index contributed by atoms with van der Waals surface area (Å²) in [5.74, 6) is 1.28. The van der Waals surface area contributed by atoms with Crippen LogP contribution in [0.2, 0.25) is 0 Å². The van der Waals surface area contributed by atoms with Crippen LogP contribution >= 0.6 is 0 Å². The fraction of sp³-hybridized carbons (Fsp3) is 0.467. The van der Waals surface area contributed by atoms with Gasteiger partial charge in [0.15, 0.2) is 5.82 Å². The van der Waals surface area contributed by atoms with E-state index in [2.05, 4.69) is 15.4 Å². The van der Waals surface area contributed by atoms with Gasteiger partial charge in [-0.2, -0.15) is 9.40 Å². The lowest BCUT2D eigenvalue weighted by atomic mass is 10.3. The van der Waals surface area contributed by atoms with E-state index in [-0.39, 0.29) is 17.5 Å². The van der Waals surface area contributed by atoms with E-state index in [1.807, 2.05) is 6.92 Å². The molecule has 1 aliphatic heterocycles. The number of aromatic nitrogens is 3. The predicted molar refractivity (Wildman–Crippen MR) is 88.0 cm³/mol. The number of nitrogens with one attached hydrogen (secondary N) is 1. The van der Waals surface area contributed by atoms with Crippen LogP contribution in [0.1, 0.15) is 12.7 Å². The molecular formula is C15H21N5O3S. The molecule has 0 unspecified atom stereocenters. The van der Waals surface area contributed by atoms with E-state index in [1.54, 1.807) is 36.0 Å². The number of rotatable bonds is 5. The number of nitrogens with zero attached hydrogens (tertiary/aromatic N) is 4. The van der Waals surface area contributed by atoms with Gasteiger partial charge in [0.05, 0.1) is 4.90 Å². The van der Waals surface area contributed by atoms with Crippen LogP contribution in [0.15, 0.2) is 35.5 Å². The highest BCUT2D eigenvalue weighted by Gasteiger charge is 2.28. The average molecular weight is 351 g/mol. The summed E-state index contributed by atoms with van der Waals surface area (Å²) in [5, 5.41) is 7.21. The third-order valence-electron chi connectivity index (χ3n) is 3.97. The first-order chi connectivity index (χ1) is 11.5. The van der Waals surface area contributed by atoms with Crippen molar-refractivity contribution in [1.29, 1.82) is 0 Å². The molecule has 0 aliphatic carbocycles. The zero-order valence-corrected chi connectivity index (χ0v) is 14.5. The highest BCUT2D eigenvalue weighted by molar-refractivity contribution is 7.89. The van der Waals surface area contributed by atoms with Crippen molar-refractivity contribution >= 4 is 10.0 Å². The maximum Gasteiger partial charge on any atom is 0.243 e. The molecule has 1 saturated heterocycles. The van der Waals surface area contributed by atoms with Gasteiger partial charge in [0, 0.05) is 32.7 Å². The standard InChI is InChI=1S/C15H21N5O3S/c1-12-9-20(8-7-16-12)24(21,22)14-5-3-13(4-6-14)23-10-15-17-11-18-19(15)2/h3-6,11-12,16H,7-10H2,1-2H3/t12-/m0/s1. The molecule has 0 radical (unpaired) electrons. The van der Waals surface area contributed by atoms with Gasteiger partial charge in [-0.3, -0.25) is 4.68 Å². The van der Waals surface area contributed by atoms with E-state index in [0.29, 0.717) is 31.2 Å². The molecule has 2 aromatic rings. The van der Waals surface area contributed by atoms with Gasteiger partial charge < -0.3 is 10.1 Å². The van der Waals surface area contributed by atoms with Gasteiger partial charge in [0.1, 0.15) is 18.7 Å². The summed E-state index contributed by atoms with van der Waals surface area (Å²) in [5.41, 5.74) is 0. The molecule has 2 heterocycles. The number of piperazine rings is 1. The lowest BCUT2D eigenvalue weighted by molar-refractivity contribution is 0.289. The second-order valence-corrected chi connectivity index (χ2v) is 7.72. The van der Waals surface area contributed by atoms with Gasteiger partial charge >= 0.3 is 0 Å². The number of ether oxygens (including phenoxy) is 1. The summed E-state index contributed by atoms with van der Waals surface area (Å²) in [6, 6.07) is 6.63. The van der Waals surface area contributed by atoms with Gasteiger partial charge in [-0.15, -0.1) is 0 Å². The molecule has 3 rings (SSSR count). The van der Waals surface area contributed by atoms with Crippen molar-refractivity contribution in [3.63, 3.8) is 0 Å². The van der Waals surface area contributed by atoms with Crippen LogP contribution in [-0.4, -0.2) is 53.2 Å². The Bertz CT molecular complexity index is 788. The fourth-order valence-electron chi connectivity index (χ4n) is 2.57. The summed E-state index contributed by atoms with van der Waals surface area (Å²) in [7, 11) is -1.68. The molecule has 1 atom stereocenters. The van der Waals surface area contributed by atoms with E-state index in [4.69, 9.17) is 4.74 Å². The van der Waals surface area contributed by atoms with Gasteiger partial charge in [0.2, 0.25) is 10.0 Å². The molecule has 1 aromatic carbocycles. The highest BCUT2D eigenvalue weighted by atomic mass is 32.2. The van der Waals surface area contributed by atoms with E-state index in [1.165, 1.54) is 10.6 Å². The van der Waals surface area contributed by atoms with Crippen molar-refractivity contribution in [2.45, 2.75) is 24.5 Å². The Kier molecular flexibility index (Phi) is 4.83. The molecule has 0 bridgehead atoms. The Hall–Kier alpha value is -1.97. The minimum Gasteiger partial charge on any atom is -0.486 e. The topological polar surface area (TPSA) is 89.3 Å². The molecule has 8 nitrogen and oxygen atoms in total. The van der Waals surface area contributed by atoms with Crippen LogP contribution < -0.4 is 10.1 Å². The molecule has 1 N–H and O–H groups in total. The second kappa shape index (κ2) is 6.88. The smallest absolute Gasteiger partial charge is 0.243 e. The summed E-state index contributed by atoms with van der Waals surface area (Å²) >= 11 is 0. The molecule has 1 aliphatic rings. The number of benzene rings is 1. The summed E-state index contributed by atoms with van der Waals surface area (Å²) < 4.78 is 34.1. The molecule has 1 fully saturated rings. The van der Waals surface area contributed by atoms with Crippen LogP contribution in [0.5, 0.6) is 5.75 Å². The summed E-state index contributed by atoms with van der Waals surface area (Å²) in [6.07, 6.45) is 1.46. The number of aryl methyl sites for hydroxylation is 1. The molecule has 130 valence electrons. The number of hydrogen-bond donors (Lipinski definition) is 1. The first kappa shape index (κ1) is 16.9. The Morgan fingerprint density at radius 3 is 2.71 bits per heavy atom. The van der Waals surface area contributed by atoms with Gasteiger partial charge in [-0.25, -0.2) is 13.4 Å². The lowest BCUT2D eigenvalue weighted by Crippen LogP contribution is -2.51. The molecular weight excluding hydrogens is 330 g/mol. The van der Waals surface area contributed by atoms with Crippen LogP contribution in [0.3, 0.4) is 0 Å². The zero-order valence-electron chi connectivity index (χ0n) is 13.7. The molecule has 0 saturated carbocycles. The first-order valence-corrected chi connectivity index (χ1v) is 9.20. The van der Waals surface area contributed by atoms with Gasteiger partial charge in [-0.1, -0.05) is 0 Å². The van der Waals surface area contributed by atoms with Crippen LogP contribution in [0.25, 0.3) is 0 Å². The Balaban J connectivity index is 1.68. The number of sulfonamides is 1. The van der Waals surface area contributed by atoms with Crippen molar-refractivity contribution < 1.29 is 13.2 Å². The van der Waals surface area contributed by atoms with Gasteiger partial charge in [0.25, 0.3) is 0 Å². The maximum atomic E-state index is 12.7. The normalized spacial score (nSPS) is 19.3. The predicted octanol–water partition coefficient (Wildman–Crippen LogP) is 0.377. The first-order valence-electron chi connectivity index (χ1n) is 7.76. The third-order valence-corrected chi connectivity index (χ3v) is 5.85. The van der Waals surface area contributed by atoms with E-state index in [9.17, 15) is 8.42 Å². The average Bonchev–Trinajstić information content (AvgIpc) is 2.98. The van der Waals surface area contributed by atoms with Crippen LogP contribution in [-0.2, 0) is 23.7 Å². The summed E-state index contributed by atoms with van der Waals surface area (Å²) in [6.45, 7) is 3.88. The van der Waals surface area contributed by atoms with Crippen molar-refractivity contribution in [3.05, 3.63) is 36.4 Å². The molecule has 1 aromatic heterocycles. The van der Waals surface area contributed by atoms with Crippen LogP contribution in [0.4, 0.5) is 0 Å². The van der Waals surface area contributed by atoms with Crippen molar-refractivity contribution in [1.82, 2.24) is 24.4 Å². The second-order valence-electron chi connectivity index (χ2n) is 5.78. The maximum absolute atomic E-state index is 12.7. The van der Waals surface area contributed by atoms with Crippen molar-refractivity contribution in [3.8, 4) is 5.75 Å². The monoisotopic (exact) mass is 351 g/mol. The van der Waals surface area contributed by atoms with Gasteiger partial charge in [-0.05, 0) is 31.2 Å². The Morgan fingerprint density at radius 2 is 2.08 bits per heavy atom. The SMILES string of the molecule is C[C@H]1CN(S(=O)(=O)c2ccc(OCc3ncnn3C)cc2)CCN1. The van der Waals surface area contributed by atoms with E-state index >= 15 is 0 Å². The minimum atomic E-state index is -3.47. The highest BCUT2D eigenvalue weighted by Crippen LogP contribution is 2.21. The Morgan fingerprint density at radius 1 is 1.33 bits per heavy atom. The van der Waals surface area contributed by atoms with E-state index in [0.717, 1.165) is 0 Å². The molecule has 24 heavy (non-hydrogen) atoms. The van der Waals surface area contributed by atoms with E-state index < -0.39 is 10.0 Å². The Labute approximate surface area is 141 Å². The number of hydrogen-bond acceptors (Lipinski definition) is 6. The molecule has 0 spiro atoms. The molecule has 9 heteroatoms. The van der Waals surface area contributed by atoms with Crippen molar-refractivity contribution in [2.24, 2.45) is 7.05 Å². The fourth-order valence-corrected chi connectivity index (χ4v) is 4.10.